The van der Waals surface area contributed by atoms with E-state index in [0.29, 0.717) is 5.92 Å². The molecular weight excluding hydrogens is 230 g/mol. The molecule has 1 heterocycles. The van der Waals surface area contributed by atoms with Crippen molar-refractivity contribution in [2.24, 2.45) is 0 Å². The number of thiazole rings is 1. The zero-order valence-electron chi connectivity index (χ0n) is 10.2. The summed E-state index contributed by atoms with van der Waals surface area (Å²) in [4.78, 5) is 4.36. The molecule has 3 heteroatoms. The van der Waals surface area contributed by atoms with E-state index in [1.165, 1.54) is 5.56 Å². The topological polar surface area (TPSA) is 33.1 Å². The van der Waals surface area contributed by atoms with Crippen LogP contribution in [0.15, 0.2) is 29.6 Å². The van der Waals surface area contributed by atoms with Gasteiger partial charge in [-0.2, -0.15) is 0 Å². The van der Waals surface area contributed by atoms with E-state index in [0.717, 1.165) is 22.7 Å². The molecule has 90 valence electrons. The highest BCUT2D eigenvalue weighted by atomic mass is 32.1. The summed E-state index contributed by atoms with van der Waals surface area (Å²) in [7, 11) is 0. The van der Waals surface area contributed by atoms with Crippen LogP contribution in [0, 0.1) is 0 Å². The maximum Gasteiger partial charge on any atom is 0.123 e. The predicted molar refractivity (Wildman–Crippen MR) is 72.2 cm³/mol. The monoisotopic (exact) mass is 247 g/mol. The first-order chi connectivity index (χ1) is 8.24. The Kier molecular flexibility index (Phi) is 3.92. The number of nitrogens with zero attached hydrogens (tertiary/aromatic N) is 1. The maximum atomic E-state index is 8.99. The van der Waals surface area contributed by atoms with E-state index in [2.05, 4.69) is 43.1 Å². The van der Waals surface area contributed by atoms with Gasteiger partial charge in [0, 0.05) is 10.9 Å². The van der Waals surface area contributed by atoms with Crippen LogP contribution in [0.4, 0.5) is 0 Å². The van der Waals surface area contributed by atoms with Crippen LogP contribution in [0.2, 0.25) is 0 Å². The van der Waals surface area contributed by atoms with Gasteiger partial charge in [-0.3, -0.25) is 0 Å². The third kappa shape index (κ3) is 2.73. The maximum absolute atomic E-state index is 8.99. The second kappa shape index (κ2) is 5.43. The molecule has 0 radical (unpaired) electrons. The molecule has 2 nitrogen and oxygen atoms in total. The lowest BCUT2D eigenvalue weighted by molar-refractivity contribution is 0.278. The first kappa shape index (κ1) is 12.3. The minimum atomic E-state index is 0.0153. The summed E-state index contributed by atoms with van der Waals surface area (Å²) >= 11 is 1.58. The van der Waals surface area contributed by atoms with Crippen molar-refractivity contribution in [1.82, 2.24) is 4.98 Å². The fraction of sp³-hybridized carbons (Fsp3) is 0.357. The van der Waals surface area contributed by atoms with Gasteiger partial charge in [0.1, 0.15) is 5.01 Å². The van der Waals surface area contributed by atoms with Gasteiger partial charge in [-0.15, -0.1) is 11.3 Å². The number of hydrogen-bond donors (Lipinski definition) is 1. The Labute approximate surface area is 106 Å². The lowest BCUT2D eigenvalue weighted by atomic mass is 9.98. The van der Waals surface area contributed by atoms with E-state index in [9.17, 15) is 0 Å². The van der Waals surface area contributed by atoms with Gasteiger partial charge in [-0.1, -0.05) is 38.1 Å². The molecule has 0 aliphatic carbocycles. The molecule has 17 heavy (non-hydrogen) atoms. The molecule has 0 fully saturated rings. The SMILES string of the molecule is CCC(C)c1ccc(-c2nc(CO)cs2)cc1. The molecule has 1 atom stereocenters. The number of rotatable bonds is 4. The first-order valence-corrected chi connectivity index (χ1v) is 6.78. The standard InChI is InChI=1S/C14H17NOS/c1-3-10(2)11-4-6-12(7-5-11)14-15-13(8-16)9-17-14/h4-7,9-10,16H,3,8H2,1-2H3. The van der Waals surface area contributed by atoms with Crippen molar-refractivity contribution in [2.75, 3.05) is 0 Å². The summed E-state index contributed by atoms with van der Waals surface area (Å²) in [6, 6.07) is 8.57. The third-order valence-electron chi connectivity index (χ3n) is 3.05. The molecule has 2 rings (SSSR count). The molecule has 0 aliphatic heterocycles. The molecular formula is C14H17NOS. The van der Waals surface area contributed by atoms with Crippen LogP contribution >= 0.6 is 11.3 Å². The van der Waals surface area contributed by atoms with Crippen LogP contribution in [0.5, 0.6) is 0 Å². The van der Waals surface area contributed by atoms with E-state index >= 15 is 0 Å². The van der Waals surface area contributed by atoms with Crippen molar-refractivity contribution in [3.8, 4) is 10.6 Å². The highest BCUT2D eigenvalue weighted by Gasteiger charge is 2.06. The molecule has 0 saturated heterocycles. The fourth-order valence-electron chi connectivity index (χ4n) is 1.70. The molecule has 0 aliphatic rings. The van der Waals surface area contributed by atoms with Crippen LogP contribution < -0.4 is 0 Å². The lowest BCUT2D eigenvalue weighted by Crippen LogP contribution is -1.90. The largest absolute Gasteiger partial charge is 0.390 e. The second-order valence-electron chi connectivity index (χ2n) is 4.23. The molecule has 1 N–H and O–H groups in total. The quantitative estimate of drug-likeness (QED) is 0.891. The van der Waals surface area contributed by atoms with Crippen molar-refractivity contribution in [3.63, 3.8) is 0 Å². The van der Waals surface area contributed by atoms with E-state index in [1.54, 1.807) is 11.3 Å². The van der Waals surface area contributed by atoms with Gasteiger partial charge in [-0.05, 0) is 17.9 Å². The van der Waals surface area contributed by atoms with E-state index < -0.39 is 0 Å². The summed E-state index contributed by atoms with van der Waals surface area (Å²) in [5, 5.41) is 11.9. The molecule has 1 aromatic heterocycles. The molecule has 2 aromatic rings. The van der Waals surface area contributed by atoms with Crippen molar-refractivity contribution >= 4 is 11.3 Å². The van der Waals surface area contributed by atoms with Gasteiger partial charge >= 0.3 is 0 Å². The van der Waals surface area contributed by atoms with Gasteiger partial charge < -0.3 is 5.11 Å². The molecule has 0 spiro atoms. The van der Waals surface area contributed by atoms with Crippen molar-refractivity contribution in [1.29, 1.82) is 0 Å². The average Bonchev–Trinajstić information content (AvgIpc) is 2.87. The smallest absolute Gasteiger partial charge is 0.123 e. The van der Waals surface area contributed by atoms with E-state index in [1.807, 2.05) is 5.38 Å². The Morgan fingerprint density at radius 1 is 1.29 bits per heavy atom. The van der Waals surface area contributed by atoms with E-state index in [-0.39, 0.29) is 6.61 Å². The lowest BCUT2D eigenvalue weighted by Gasteiger charge is -2.08. The van der Waals surface area contributed by atoms with Gasteiger partial charge in [0.15, 0.2) is 0 Å². The predicted octanol–water partition coefficient (Wildman–Crippen LogP) is 3.82. The summed E-state index contributed by atoms with van der Waals surface area (Å²) in [5.74, 6) is 0.605. The van der Waals surface area contributed by atoms with E-state index in [4.69, 9.17) is 5.11 Å². The molecule has 0 amide bonds. The minimum Gasteiger partial charge on any atom is -0.390 e. The third-order valence-corrected chi connectivity index (χ3v) is 3.99. The molecule has 0 bridgehead atoms. The summed E-state index contributed by atoms with van der Waals surface area (Å²) < 4.78 is 0. The summed E-state index contributed by atoms with van der Waals surface area (Å²) in [5.41, 5.74) is 3.24. The molecule has 1 aromatic carbocycles. The molecule has 1 unspecified atom stereocenters. The van der Waals surface area contributed by atoms with Crippen LogP contribution in [0.25, 0.3) is 10.6 Å². The number of benzene rings is 1. The minimum absolute atomic E-state index is 0.0153. The average molecular weight is 247 g/mol. The van der Waals surface area contributed by atoms with Crippen LogP contribution in [0.1, 0.15) is 37.4 Å². The Bertz CT molecular complexity index is 475. The Hall–Kier alpha value is -1.19. The highest BCUT2D eigenvalue weighted by Crippen LogP contribution is 2.26. The zero-order valence-corrected chi connectivity index (χ0v) is 11.0. The number of hydrogen-bond acceptors (Lipinski definition) is 3. The van der Waals surface area contributed by atoms with Crippen LogP contribution in [0.3, 0.4) is 0 Å². The Morgan fingerprint density at radius 3 is 2.53 bits per heavy atom. The highest BCUT2D eigenvalue weighted by molar-refractivity contribution is 7.13. The summed E-state index contributed by atoms with van der Waals surface area (Å²) in [6.45, 7) is 4.46. The summed E-state index contributed by atoms with van der Waals surface area (Å²) in [6.07, 6.45) is 1.16. The number of aliphatic hydroxyl groups is 1. The van der Waals surface area contributed by atoms with Gasteiger partial charge in [0.25, 0.3) is 0 Å². The second-order valence-corrected chi connectivity index (χ2v) is 5.09. The Morgan fingerprint density at radius 2 is 2.00 bits per heavy atom. The first-order valence-electron chi connectivity index (χ1n) is 5.90. The number of aliphatic hydroxyl groups excluding tert-OH is 1. The Balaban J connectivity index is 2.22. The van der Waals surface area contributed by atoms with Gasteiger partial charge in [-0.25, -0.2) is 4.98 Å². The zero-order chi connectivity index (χ0) is 12.3. The van der Waals surface area contributed by atoms with Crippen molar-refractivity contribution in [2.45, 2.75) is 32.8 Å². The van der Waals surface area contributed by atoms with Crippen molar-refractivity contribution < 1.29 is 5.11 Å². The molecule has 0 saturated carbocycles. The van der Waals surface area contributed by atoms with Crippen LogP contribution in [-0.2, 0) is 6.61 Å². The normalized spacial score (nSPS) is 12.6. The van der Waals surface area contributed by atoms with Crippen molar-refractivity contribution in [3.05, 3.63) is 40.9 Å². The number of aromatic nitrogens is 1. The fourth-order valence-corrected chi connectivity index (χ4v) is 2.52. The van der Waals surface area contributed by atoms with Crippen LogP contribution in [-0.4, -0.2) is 10.1 Å². The van der Waals surface area contributed by atoms with Gasteiger partial charge in [0.2, 0.25) is 0 Å². The van der Waals surface area contributed by atoms with Gasteiger partial charge in [0.05, 0.1) is 12.3 Å².